The van der Waals surface area contributed by atoms with Crippen LogP contribution in [0.5, 0.6) is 0 Å². The summed E-state index contributed by atoms with van der Waals surface area (Å²) in [5.41, 5.74) is 0.258. The first-order chi connectivity index (χ1) is 6.38. The summed E-state index contributed by atoms with van der Waals surface area (Å²) < 4.78 is 0. The average Bonchev–Trinajstić information content (AvgIpc) is 2.01. The van der Waals surface area contributed by atoms with Gasteiger partial charge in [-0.3, -0.25) is 5.32 Å². The van der Waals surface area contributed by atoms with Crippen LogP contribution < -0.4 is 10.6 Å². The minimum atomic E-state index is -0.900. The van der Waals surface area contributed by atoms with Crippen molar-refractivity contribution in [3.63, 3.8) is 0 Å². The number of carboxylic acids is 1. The molecule has 0 amide bonds. The Bertz CT molecular complexity index is 287. The fraction of sp³-hybridized carbons (Fsp3) is 0.500. The first kappa shape index (κ1) is 10.8. The van der Waals surface area contributed by atoms with Crippen LogP contribution in [0.1, 0.15) is 20.8 Å². The normalized spacial score (nSPS) is 21.4. The third-order valence-electron chi connectivity index (χ3n) is 1.72. The van der Waals surface area contributed by atoms with Crippen LogP contribution in [0, 0.1) is 0 Å². The number of aliphatic carboxylic acids is 1. The molecule has 1 atom stereocenters. The SMILES string of the molecule is CC(C)(C)NC1C=C(C(=O)O)C=CN1. The maximum Gasteiger partial charge on any atom is 0.335 e. The summed E-state index contributed by atoms with van der Waals surface area (Å²) in [5.74, 6) is -0.900. The van der Waals surface area contributed by atoms with Gasteiger partial charge in [-0.1, -0.05) is 0 Å². The Kier molecular flexibility index (Phi) is 2.96. The fourth-order valence-corrected chi connectivity index (χ4v) is 1.22. The molecule has 0 aromatic heterocycles. The van der Waals surface area contributed by atoms with Gasteiger partial charge in [-0.15, -0.1) is 0 Å². The molecule has 1 rings (SSSR count). The van der Waals surface area contributed by atoms with Crippen LogP contribution in [0.25, 0.3) is 0 Å². The van der Waals surface area contributed by atoms with Gasteiger partial charge in [0.1, 0.15) is 0 Å². The third-order valence-corrected chi connectivity index (χ3v) is 1.72. The number of carboxylic acid groups (broad SMARTS) is 1. The molecule has 0 saturated heterocycles. The van der Waals surface area contributed by atoms with Gasteiger partial charge >= 0.3 is 5.97 Å². The van der Waals surface area contributed by atoms with Gasteiger partial charge in [0.2, 0.25) is 0 Å². The standard InChI is InChI=1S/C10H16N2O2/c1-10(2,3)12-8-6-7(9(13)14)4-5-11-8/h4-6,8,11-12H,1-3H3,(H,13,14). The highest BCUT2D eigenvalue weighted by atomic mass is 16.4. The van der Waals surface area contributed by atoms with Gasteiger partial charge in [-0.2, -0.15) is 0 Å². The van der Waals surface area contributed by atoms with E-state index in [0.717, 1.165) is 0 Å². The van der Waals surface area contributed by atoms with Crippen molar-refractivity contribution in [1.29, 1.82) is 0 Å². The number of carbonyl (C=O) groups is 1. The maximum atomic E-state index is 10.7. The zero-order valence-electron chi connectivity index (χ0n) is 8.66. The van der Waals surface area contributed by atoms with Crippen LogP contribution in [0.15, 0.2) is 23.9 Å². The molecule has 0 fully saturated rings. The smallest absolute Gasteiger partial charge is 0.335 e. The predicted octanol–water partition coefficient (Wildman–Crippen LogP) is 0.828. The van der Waals surface area contributed by atoms with Crippen molar-refractivity contribution < 1.29 is 9.90 Å². The highest BCUT2D eigenvalue weighted by Crippen LogP contribution is 2.07. The van der Waals surface area contributed by atoms with Crippen molar-refractivity contribution in [2.24, 2.45) is 0 Å². The van der Waals surface area contributed by atoms with E-state index in [4.69, 9.17) is 5.11 Å². The molecule has 1 aliphatic rings. The molecule has 0 aliphatic carbocycles. The largest absolute Gasteiger partial charge is 0.478 e. The van der Waals surface area contributed by atoms with Crippen molar-refractivity contribution >= 4 is 5.97 Å². The summed E-state index contributed by atoms with van der Waals surface area (Å²) in [5, 5.41) is 15.0. The number of hydrogen-bond donors (Lipinski definition) is 3. The van der Waals surface area contributed by atoms with Gasteiger partial charge in [0, 0.05) is 5.54 Å². The lowest BCUT2D eigenvalue weighted by atomic mass is 10.1. The molecule has 0 spiro atoms. The molecule has 0 bridgehead atoms. The minimum absolute atomic E-state index is 0.0526. The summed E-state index contributed by atoms with van der Waals surface area (Å²) in [4.78, 5) is 10.7. The predicted molar refractivity (Wildman–Crippen MR) is 54.7 cm³/mol. The summed E-state index contributed by atoms with van der Waals surface area (Å²) >= 11 is 0. The second-order valence-electron chi connectivity index (χ2n) is 4.30. The highest BCUT2D eigenvalue weighted by Gasteiger charge is 2.18. The topological polar surface area (TPSA) is 61.4 Å². The molecule has 1 aliphatic heterocycles. The van der Waals surface area contributed by atoms with E-state index in [1.807, 2.05) is 20.8 Å². The summed E-state index contributed by atoms with van der Waals surface area (Å²) in [6, 6.07) is 0. The fourth-order valence-electron chi connectivity index (χ4n) is 1.22. The number of nitrogens with one attached hydrogen (secondary N) is 2. The average molecular weight is 196 g/mol. The summed E-state index contributed by atoms with van der Waals surface area (Å²) in [7, 11) is 0. The van der Waals surface area contributed by atoms with E-state index in [2.05, 4.69) is 10.6 Å². The van der Waals surface area contributed by atoms with Crippen LogP contribution in [0.4, 0.5) is 0 Å². The van der Waals surface area contributed by atoms with Crippen molar-refractivity contribution in [2.45, 2.75) is 32.5 Å². The van der Waals surface area contributed by atoms with Crippen molar-refractivity contribution in [3.8, 4) is 0 Å². The van der Waals surface area contributed by atoms with Crippen molar-refractivity contribution in [3.05, 3.63) is 23.9 Å². The summed E-state index contributed by atoms with van der Waals surface area (Å²) in [6.45, 7) is 6.09. The molecule has 78 valence electrons. The third kappa shape index (κ3) is 3.22. The maximum absolute atomic E-state index is 10.7. The molecule has 1 heterocycles. The lowest BCUT2D eigenvalue weighted by molar-refractivity contribution is -0.132. The molecule has 0 aromatic carbocycles. The summed E-state index contributed by atoms with van der Waals surface area (Å²) in [6.07, 6.45) is 4.73. The van der Waals surface area contributed by atoms with Crippen LogP contribution in [0.2, 0.25) is 0 Å². The Morgan fingerprint density at radius 2 is 2.21 bits per heavy atom. The zero-order valence-corrected chi connectivity index (χ0v) is 8.66. The lowest BCUT2D eigenvalue weighted by Gasteiger charge is -2.28. The van der Waals surface area contributed by atoms with E-state index in [-0.39, 0.29) is 11.7 Å². The van der Waals surface area contributed by atoms with Crippen LogP contribution in [-0.2, 0) is 4.79 Å². The molecular weight excluding hydrogens is 180 g/mol. The first-order valence-corrected chi connectivity index (χ1v) is 4.54. The first-order valence-electron chi connectivity index (χ1n) is 4.54. The van der Waals surface area contributed by atoms with Gasteiger partial charge in [0.25, 0.3) is 0 Å². The van der Waals surface area contributed by atoms with E-state index < -0.39 is 5.97 Å². The molecule has 4 nitrogen and oxygen atoms in total. The Balaban J connectivity index is 2.67. The molecule has 1 unspecified atom stereocenters. The van der Waals surface area contributed by atoms with Crippen LogP contribution in [0.3, 0.4) is 0 Å². The van der Waals surface area contributed by atoms with Crippen molar-refractivity contribution in [2.75, 3.05) is 0 Å². The van der Waals surface area contributed by atoms with E-state index in [9.17, 15) is 4.79 Å². The molecular formula is C10H16N2O2. The van der Waals surface area contributed by atoms with Crippen LogP contribution >= 0.6 is 0 Å². The van der Waals surface area contributed by atoms with E-state index >= 15 is 0 Å². The Hall–Kier alpha value is -1.29. The molecule has 0 radical (unpaired) electrons. The second kappa shape index (κ2) is 3.84. The Morgan fingerprint density at radius 1 is 1.57 bits per heavy atom. The van der Waals surface area contributed by atoms with E-state index in [1.54, 1.807) is 18.4 Å². The number of rotatable bonds is 2. The Morgan fingerprint density at radius 3 is 2.71 bits per heavy atom. The zero-order chi connectivity index (χ0) is 10.8. The van der Waals surface area contributed by atoms with Gasteiger partial charge in [0.05, 0.1) is 11.7 Å². The highest BCUT2D eigenvalue weighted by molar-refractivity contribution is 5.90. The Labute approximate surface area is 83.7 Å². The van der Waals surface area contributed by atoms with Gasteiger partial charge < -0.3 is 10.4 Å². The van der Waals surface area contributed by atoms with Gasteiger partial charge in [-0.25, -0.2) is 4.79 Å². The van der Waals surface area contributed by atoms with Gasteiger partial charge in [-0.05, 0) is 39.1 Å². The second-order valence-corrected chi connectivity index (χ2v) is 4.30. The van der Waals surface area contributed by atoms with Crippen LogP contribution in [-0.4, -0.2) is 22.8 Å². The van der Waals surface area contributed by atoms with E-state index in [1.165, 1.54) is 0 Å². The lowest BCUT2D eigenvalue weighted by Crippen LogP contribution is -2.49. The molecule has 14 heavy (non-hydrogen) atoms. The molecule has 0 aromatic rings. The number of hydrogen-bond acceptors (Lipinski definition) is 3. The monoisotopic (exact) mass is 196 g/mol. The molecule has 0 saturated carbocycles. The molecule has 3 N–H and O–H groups in total. The minimum Gasteiger partial charge on any atom is -0.478 e. The number of dihydropyridines is 1. The van der Waals surface area contributed by atoms with E-state index in [0.29, 0.717) is 5.57 Å². The quantitative estimate of drug-likeness (QED) is 0.612. The van der Waals surface area contributed by atoms with Gasteiger partial charge in [0.15, 0.2) is 0 Å². The molecule has 4 heteroatoms. The van der Waals surface area contributed by atoms with Crippen molar-refractivity contribution in [1.82, 2.24) is 10.6 Å².